The van der Waals surface area contributed by atoms with Crippen LogP contribution in [-0.4, -0.2) is 18.5 Å². The number of carbonyl (C=O) groups excluding carboxylic acids is 2. The molecule has 0 aliphatic carbocycles. The topological polar surface area (TPSA) is 79.2 Å². The molecule has 17 heavy (non-hydrogen) atoms. The second-order valence-corrected chi connectivity index (χ2v) is 2.98. The van der Waals surface area contributed by atoms with Gasteiger partial charge in [-0.3, -0.25) is 4.79 Å². The summed E-state index contributed by atoms with van der Waals surface area (Å²) in [4.78, 5) is 22.2. The molecule has 0 atom stereocenters. The number of rotatable bonds is 2. The predicted octanol–water partition coefficient (Wildman–Crippen LogP) is 1.20. The molecule has 0 aliphatic rings. The van der Waals surface area contributed by atoms with Gasteiger partial charge in [0.05, 0.1) is 23.9 Å². The molecular weight excluding hydrogens is 227 g/mol. The van der Waals surface area contributed by atoms with Crippen LogP contribution >= 0.6 is 0 Å². The summed E-state index contributed by atoms with van der Waals surface area (Å²) in [5.74, 6) is -2.94. The molecule has 0 heterocycles. The van der Waals surface area contributed by atoms with Crippen molar-refractivity contribution in [3.63, 3.8) is 0 Å². The van der Waals surface area contributed by atoms with Gasteiger partial charge in [-0.15, -0.1) is 0 Å². The standard InChI is InChI=1S/C11H9FN2O3/c1-2-17-11(16)10(15)14-9-4-3-7(6-13)5-8(9)12/h3-5H,2H2,1H3,(H,14,15). The van der Waals surface area contributed by atoms with Crippen LogP contribution in [0.15, 0.2) is 18.2 Å². The summed E-state index contributed by atoms with van der Waals surface area (Å²) in [6, 6.07) is 5.23. The Morgan fingerprint density at radius 2 is 2.24 bits per heavy atom. The van der Waals surface area contributed by atoms with Gasteiger partial charge >= 0.3 is 11.9 Å². The zero-order chi connectivity index (χ0) is 12.8. The first kappa shape index (κ1) is 12.6. The number of hydrogen-bond acceptors (Lipinski definition) is 4. The van der Waals surface area contributed by atoms with E-state index in [1.165, 1.54) is 12.1 Å². The van der Waals surface area contributed by atoms with Crippen molar-refractivity contribution in [2.24, 2.45) is 0 Å². The molecule has 0 saturated carbocycles. The van der Waals surface area contributed by atoms with Gasteiger partial charge in [-0.2, -0.15) is 5.26 Å². The molecule has 0 unspecified atom stereocenters. The third-order valence-corrected chi connectivity index (χ3v) is 1.81. The number of esters is 1. The Kier molecular flexibility index (Phi) is 4.17. The van der Waals surface area contributed by atoms with E-state index in [0.29, 0.717) is 0 Å². The Balaban J connectivity index is 2.79. The molecule has 0 fully saturated rings. The fourth-order valence-corrected chi connectivity index (χ4v) is 1.06. The average Bonchev–Trinajstić information content (AvgIpc) is 2.31. The van der Waals surface area contributed by atoms with Gasteiger partial charge in [0.2, 0.25) is 0 Å². The van der Waals surface area contributed by atoms with E-state index in [9.17, 15) is 14.0 Å². The van der Waals surface area contributed by atoms with Crippen molar-refractivity contribution in [1.29, 1.82) is 5.26 Å². The van der Waals surface area contributed by atoms with Crippen LogP contribution in [0.3, 0.4) is 0 Å². The molecule has 0 saturated heterocycles. The molecule has 0 spiro atoms. The lowest BCUT2D eigenvalue weighted by Gasteiger charge is -2.05. The smallest absolute Gasteiger partial charge is 0.397 e. The summed E-state index contributed by atoms with van der Waals surface area (Å²) in [6.07, 6.45) is 0. The maximum atomic E-state index is 13.3. The number of hydrogen-bond donors (Lipinski definition) is 1. The van der Waals surface area contributed by atoms with E-state index in [4.69, 9.17) is 5.26 Å². The molecule has 1 aromatic carbocycles. The molecule has 88 valence electrons. The number of benzene rings is 1. The van der Waals surface area contributed by atoms with Crippen LogP contribution < -0.4 is 5.32 Å². The number of anilines is 1. The van der Waals surface area contributed by atoms with Crippen molar-refractivity contribution in [2.75, 3.05) is 11.9 Å². The van der Waals surface area contributed by atoms with Crippen molar-refractivity contribution < 1.29 is 18.7 Å². The first-order chi connectivity index (χ1) is 8.08. The minimum absolute atomic E-state index is 0.0576. The van der Waals surface area contributed by atoms with Gasteiger partial charge in [0.15, 0.2) is 0 Å². The minimum atomic E-state index is -1.09. The third-order valence-electron chi connectivity index (χ3n) is 1.81. The highest BCUT2D eigenvalue weighted by Gasteiger charge is 2.16. The quantitative estimate of drug-likeness (QED) is 0.618. The second-order valence-electron chi connectivity index (χ2n) is 2.98. The lowest BCUT2D eigenvalue weighted by Crippen LogP contribution is -2.25. The van der Waals surface area contributed by atoms with E-state index in [-0.39, 0.29) is 17.9 Å². The number of ether oxygens (including phenoxy) is 1. The Hall–Kier alpha value is -2.42. The zero-order valence-electron chi connectivity index (χ0n) is 8.99. The first-order valence-corrected chi connectivity index (χ1v) is 4.76. The van der Waals surface area contributed by atoms with E-state index >= 15 is 0 Å². The zero-order valence-corrected chi connectivity index (χ0v) is 8.99. The summed E-state index contributed by atoms with van der Waals surface area (Å²) in [6.45, 7) is 1.61. The highest BCUT2D eigenvalue weighted by Crippen LogP contribution is 2.15. The van der Waals surface area contributed by atoms with Crippen molar-refractivity contribution in [2.45, 2.75) is 6.92 Å². The Labute approximate surface area is 96.8 Å². The maximum Gasteiger partial charge on any atom is 0.397 e. The fourth-order valence-electron chi connectivity index (χ4n) is 1.06. The van der Waals surface area contributed by atoms with Crippen LogP contribution in [0.4, 0.5) is 10.1 Å². The number of halogens is 1. The minimum Gasteiger partial charge on any atom is -0.459 e. The van der Waals surface area contributed by atoms with E-state index in [1.807, 2.05) is 5.32 Å². The first-order valence-electron chi connectivity index (χ1n) is 4.76. The Morgan fingerprint density at radius 3 is 2.76 bits per heavy atom. The van der Waals surface area contributed by atoms with E-state index < -0.39 is 17.7 Å². The molecule has 1 N–H and O–H groups in total. The molecule has 6 heteroatoms. The van der Waals surface area contributed by atoms with E-state index in [0.717, 1.165) is 6.07 Å². The van der Waals surface area contributed by atoms with Crippen LogP contribution in [0.1, 0.15) is 12.5 Å². The molecular formula is C11H9FN2O3. The van der Waals surface area contributed by atoms with Gasteiger partial charge in [0.1, 0.15) is 5.82 Å². The van der Waals surface area contributed by atoms with Gasteiger partial charge in [-0.1, -0.05) is 0 Å². The van der Waals surface area contributed by atoms with Gasteiger partial charge in [0.25, 0.3) is 0 Å². The van der Waals surface area contributed by atoms with Crippen LogP contribution in [-0.2, 0) is 14.3 Å². The van der Waals surface area contributed by atoms with Gasteiger partial charge in [-0.25, -0.2) is 9.18 Å². The number of amides is 1. The lowest BCUT2D eigenvalue weighted by molar-refractivity contribution is -0.152. The summed E-state index contributed by atoms with van der Waals surface area (Å²) in [7, 11) is 0. The molecule has 1 aromatic rings. The molecule has 0 aliphatic heterocycles. The second kappa shape index (κ2) is 5.61. The van der Waals surface area contributed by atoms with E-state index in [2.05, 4.69) is 4.74 Å². The monoisotopic (exact) mass is 236 g/mol. The summed E-state index contributed by atoms with van der Waals surface area (Å²) in [5.41, 5.74) is -0.0568. The van der Waals surface area contributed by atoms with Crippen molar-refractivity contribution in [1.82, 2.24) is 0 Å². The number of nitriles is 1. The van der Waals surface area contributed by atoms with Crippen LogP contribution in [0.2, 0.25) is 0 Å². The predicted molar refractivity (Wildman–Crippen MR) is 56.4 cm³/mol. The molecule has 5 nitrogen and oxygen atoms in total. The molecule has 1 rings (SSSR count). The molecule has 0 radical (unpaired) electrons. The SMILES string of the molecule is CCOC(=O)C(=O)Nc1ccc(C#N)cc1F. The highest BCUT2D eigenvalue weighted by atomic mass is 19.1. The molecule has 1 amide bonds. The van der Waals surface area contributed by atoms with Crippen molar-refractivity contribution >= 4 is 17.6 Å². The van der Waals surface area contributed by atoms with Crippen LogP contribution in [0.25, 0.3) is 0 Å². The summed E-state index contributed by atoms with van der Waals surface area (Å²) in [5, 5.41) is 10.6. The number of carbonyl (C=O) groups is 2. The average molecular weight is 236 g/mol. The van der Waals surface area contributed by atoms with Gasteiger partial charge in [0, 0.05) is 0 Å². The van der Waals surface area contributed by atoms with Gasteiger partial charge in [-0.05, 0) is 25.1 Å². The Bertz CT molecular complexity index is 494. The normalized spacial score (nSPS) is 9.24. The Morgan fingerprint density at radius 1 is 1.53 bits per heavy atom. The maximum absolute atomic E-state index is 13.3. The van der Waals surface area contributed by atoms with Crippen LogP contribution in [0, 0.1) is 17.1 Å². The summed E-state index contributed by atoms with van der Waals surface area (Å²) < 4.78 is 17.8. The van der Waals surface area contributed by atoms with Crippen molar-refractivity contribution in [3.8, 4) is 6.07 Å². The molecule has 0 bridgehead atoms. The number of nitrogens with zero attached hydrogens (tertiary/aromatic N) is 1. The highest BCUT2D eigenvalue weighted by molar-refractivity contribution is 6.37. The molecule has 0 aromatic heterocycles. The summed E-state index contributed by atoms with van der Waals surface area (Å²) >= 11 is 0. The van der Waals surface area contributed by atoms with Crippen LogP contribution in [0.5, 0.6) is 0 Å². The third kappa shape index (κ3) is 3.28. The number of nitrogens with one attached hydrogen (secondary N) is 1. The largest absolute Gasteiger partial charge is 0.459 e. The van der Waals surface area contributed by atoms with Gasteiger partial charge < -0.3 is 10.1 Å². The van der Waals surface area contributed by atoms with Crippen molar-refractivity contribution in [3.05, 3.63) is 29.6 Å². The van der Waals surface area contributed by atoms with E-state index in [1.54, 1.807) is 13.0 Å². The fraction of sp³-hybridized carbons (Fsp3) is 0.182. The lowest BCUT2D eigenvalue weighted by atomic mass is 10.2.